The number of methoxy groups -OCH3 is 1. The van der Waals surface area contributed by atoms with Gasteiger partial charge in [-0.25, -0.2) is 19.6 Å². The Morgan fingerprint density at radius 3 is 2.36 bits per heavy atom. The molecule has 0 spiro atoms. The minimum absolute atomic E-state index is 0.0183. The van der Waals surface area contributed by atoms with Gasteiger partial charge in [-0.15, -0.1) is 5.06 Å². The molecule has 2 amide bonds. The van der Waals surface area contributed by atoms with Crippen molar-refractivity contribution in [1.82, 2.24) is 20.3 Å². The molecular weight excluding hydrogens is 564 g/mol. The summed E-state index contributed by atoms with van der Waals surface area (Å²) in [7, 11) is 1.57. The van der Waals surface area contributed by atoms with Crippen LogP contribution in [0.2, 0.25) is 0 Å². The summed E-state index contributed by atoms with van der Waals surface area (Å²) in [6, 6.07) is 16.6. The van der Waals surface area contributed by atoms with E-state index in [1.165, 1.54) is 0 Å². The van der Waals surface area contributed by atoms with Crippen LogP contribution in [0.3, 0.4) is 0 Å². The highest BCUT2D eigenvalue weighted by Crippen LogP contribution is 2.32. The van der Waals surface area contributed by atoms with Crippen LogP contribution in [0, 0.1) is 0 Å². The van der Waals surface area contributed by atoms with Gasteiger partial charge in [-0.1, -0.05) is 30.3 Å². The van der Waals surface area contributed by atoms with Crippen LogP contribution in [-0.4, -0.2) is 71.3 Å². The summed E-state index contributed by atoms with van der Waals surface area (Å²) < 4.78 is 11.0. The molecule has 2 N–H and O–H groups in total. The minimum atomic E-state index is -0.840. The van der Waals surface area contributed by atoms with E-state index in [1.807, 2.05) is 36.4 Å². The van der Waals surface area contributed by atoms with Gasteiger partial charge in [-0.2, -0.15) is 0 Å². The highest BCUT2D eigenvalue weighted by atomic mass is 16.8. The number of amides is 2. The Kier molecular flexibility index (Phi) is 11.0. The van der Waals surface area contributed by atoms with Crippen molar-refractivity contribution in [3.05, 3.63) is 78.1 Å². The van der Waals surface area contributed by atoms with Gasteiger partial charge < -0.3 is 29.8 Å². The molecule has 12 heteroatoms. The average molecular weight is 605 g/mol. The van der Waals surface area contributed by atoms with Crippen LogP contribution in [0.1, 0.15) is 56.0 Å². The van der Waals surface area contributed by atoms with Crippen molar-refractivity contribution < 1.29 is 28.7 Å². The second kappa shape index (κ2) is 15.0. The van der Waals surface area contributed by atoms with Crippen LogP contribution in [-0.2, 0) is 21.0 Å². The summed E-state index contributed by atoms with van der Waals surface area (Å²) in [6.45, 7) is 6.84. The van der Waals surface area contributed by atoms with E-state index >= 15 is 0 Å². The number of hydrogen-bond donors (Lipinski definition) is 2. The molecule has 44 heavy (non-hydrogen) atoms. The molecule has 0 radical (unpaired) electrons. The van der Waals surface area contributed by atoms with Gasteiger partial charge in [-0.3, -0.25) is 4.79 Å². The molecule has 1 aromatic heterocycles. The average Bonchev–Trinajstić information content (AvgIpc) is 3.03. The summed E-state index contributed by atoms with van der Waals surface area (Å²) in [6.07, 6.45) is 4.31. The number of rotatable bonds is 10. The maximum atomic E-state index is 12.9. The predicted molar refractivity (Wildman–Crippen MR) is 165 cm³/mol. The van der Waals surface area contributed by atoms with Gasteiger partial charge in [0.05, 0.1) is 24.8 Å². The third kappa shape index (κ3) is 9.06. The lowest BCUT2D eigenvalue weighted by Gasteiger charge is -2.34. The van der Waals surface area contributed by atoms with E-state index < -0.39 is 17.6 Å². The molecule has 1 saturated heterocycles. The van der Waals surface area contributed by atoms with Crippen molar-refractivity contribution in [3.8, 4) is 5.75 Å². The van der Waals surface area contributed by atoms with E-state index in [4.69, 9.17) is 14.3 Å². The third-order valence-corrected chi connectivity index (χ3v) is 6.96. The molecule has 4 rings (SSSR count). The number of piperidine rings is 1. The Balaban J connectivity index is 1.25. The van der Waals surface area contributed by atoms with Crippen LogP contribution >= 0.6 is 0 Å². The monoisotopic (exact) mass is 604 g/mol. The first kappa shape index (κ1) is 32.1. The van der Waals surface area contributed by atoms with E-state index in [1.54, 1.807) is 58.5 Å². The summed E-state index contributed by atoms with van der Waals surface area (Å²) in [4.78, 5) is 54.2. The molecule has 2 aromatic carbocycles. The lowest BCUT2D eigenvalue weighted by atomic mass is 10.0. The normalized spacial score (nSPS) is 13.5. The Hall–Kier alpha value is -4.87. The summed E-state index contributed by atoms with van der Waals surface area (Å²) in [5, 5.41) is 7.02. The van der Waals surface area contributed by atoms with E-state index in [2.05, 4.69) is 25.5 Å². The molecule has 234 valence electrons. The largest absolute Gasteiger partial charge is 0.495 e. The van der Waals surface area contributed by atoms with Crippen LogP contribution in [0.4, 0.5) is 16.4 Å². The number of benzene rings is 2. The first-order valence-electron chi connectivity index (χ1n) is 14.6. The predicted octanol–water partition coefficient (Wildman–Crippen LogP) is 4.58. The van der Waals surface area contributed by atoms with Crippen LogP contribution in [0.25, 0.3) is 0 Å². The van der Waals surface area contributed by atoms with Gasteiger partial charge >= 0.3 is 12.1 Å². The zero-order valence-electron chi connectivity index (χ0n) is 25.6. The number of carbonyl (C=O) groups excluding carboxylic acids is 3. The molecule has 2 heterocycles. The molecular formula is C32H40N6O6. The standard InChI is InChI=1S/C32H40N6O6/c1-32(2,3)38(31(41)43-22-23-9-6-5-7-10-23)44-28(39)13-18-33-29(40)24-11-12-26(27(21-24)42-4)37-19-14-25(15-20-37)36-30-34-16-8-17-35-30/h5-12,16-17,21,25H,13-15,18-20,22H2,1-4H3,(H,33,40)(H,34,35,36). The molecule has 0 unspecified atom stereocenters. The van der Waals surface area contributed by atoms with Gasteiger partial charge in [0.25, 0.3) is 5.91 Å². The van der Waals surface area contributed by atoms with Crippen LogP contribution < -0.4 is 20.3 Å². The Morgan fingerprint density at radius 2 is 1.70 bits per heavy atom. The molecule has 3 aromatic rings. The molecule has 1 fully saturated rings. The van der Waals surface area contributed by atoms with Crippen molar-refractivity contribution in [3.63, 3.8) is 0 Å². The molecule has 0 atom stereocenters. The number of aromatic nitrogens is 2. The van der Waals surface area contributed by atoms with Crippen molar-refractivity contribution >= 4 is 29.6 Å². The number of hydroxylamine groups is 2. The first-order valence-corrected chi connectivity index (χ1v) is 14.6. The Morgan fingerprint density at radius 1 is 1.00 bits per heavy atom. The fraction of sp³-hybridized carbons (Fsp3) is 0.406. The SMILES string of the molecule is COc1cc(C(=O)NCCC(=O)ON(C(=O)OCc2ccccc2)C(C)(C)C)ccc1N1CCC(Nc2ncccn2)CC1. The first-order chi connectivity index (χ1) is 21.1. The lowest BCUT2D eigenvalue weighted by molar-refractivity contribution is -0.200. The van der Waals surface area contributed by atoms with Gasteiger partial charge in [0, 0.05) is 43.6 Å². The zero-order chi connectivity index (χ0) is 31.5. The lowest BCUT2D eigenvalue weighted by Crippen LogP contribution is -2.47. The Bertz CT molecular complexity index is 1390. The zero-order valence-corrected chi connectivity index (χ0v) is 25.6. The number of anilines is 2. The van der Waals surface area contributed by atoms with E-state index in [9.17, 15) is 14.4 Å². The van der Waals surface area contributed by atoms with Gasteiger partial charge in [-0.05, 0) is 63.4 Å². The molecule has 0 bridgehead atoms. The third-order valence-electron chi connectivity index (χ3n) is 6.96. The van der Waals surface area contributed by atoms with Crippen LogP contribution in [0.15, 0.2) is 67.0 Å². The molecule has 0 saturated carbocycles. The van der Waals surface area contributed by atoms with Crippen molar-refractivity contribution in [1.29, 1.82) is 0 Å². The number of nitrogens with one attached hydrogen (secondary N) is 2. The number of carbonyl (C=O) groups is 3. The maximum absolute atomic E-state index is 12.9. The fourth-order valence-corrected chi connectivity index (χ4v) is 4.65. The number of nitrogens with zero attached hydrogens (tertiary/aromatic N) is 4. The molecule has 0 aliphatic carbocycles. The van der Waals surface area contributed by atoms with E-state index in [0.29, 0.717) is 17.3 Å². The minimum Gasteiger partial charge on any atom is -0.495 e. The summed E-state index contributed by atoms with van der Waals surface area (Å²) >= 11 is 0. The van der Waals surface area contributed by atoms with Crippen molar-refractivity contribution in [2.75, 3.05) is 37.0 Å². The number of hydrogen-bond acceptors (Lipinski definition) is 10. The van der Waals surface area contributed by atoms with Crippen LogP contribution in [0.5, 0.6) is 5.75 Å². The smallest absolute Gasteiger partial charge is 0.444 e. The highest BCUT2D eigenvalue weighted by Gasteiger charge is 2.32. The second-order valence-corrected chi connectivity index (χ2v) is 11.3. The summed E-state index contributed by atoms with van der Waals surface area (Å²) in [5.41, 5.74) is 1.28. The van der Waals surface area contributed by atoms with E-state index in [-0.39, 0.29) is 31.5 Å². The molecule has 12 nitrogen and oxygen atoms in total. The van der Waals surface area contributed by atoms with E-state index in [0.717, 1.165) is 42.2 Å². The topological polar surface area (TPSA) is 135 Å². The van der Waals surface area contributed by atoms with Crippen molar-refractivity contribution in [2.45, 2.75) is 58.2 Å². The number of ether oxygens (including phenoxy) is 2. The Labute approximate surface area is 257 Å². The maximum Gasteiger partial charge on any atom is 0.444 e. The van der Waals surface area contributed by atoms with Crippen molar-refractivity contribution in [2.24, 2.45) is 0 Å². The highest BCUT2D eigenvalue weighted by molar-refractivity contribution is 5.95. The fourth-order valence-electron chi connectivity index (χ4n) is 4.65. The molecule has 1 aliphatic rings. The quantitative estimate of drug-likeness (QED) is 0.317. The van der Waals surface area contributed by atoms with Gasteiger partial charge in [0.1, 0.15) is 12.4 Å². The van der Waals surface area contributed by atoms with Gasteiger partial charge in [0.2, 0.25) is 5.95 Å². The van der Waals surface area contributed by atoms with Gasteiger partial charge in [0.15, 0.2) is 0 Å². The molecule has 1 aliphatic heterocycles. The second-order valence-electron chi connectivity index (χ2n) is 11.3. The summed E-state index contributed by atoms with van der Waals surface area (Å²) in [5.74, 6) is 0.176.